The third-order valence-electron chi connectivity index (χ3n) is 4.15. The molecule has 2 N–H and O–H groups in total. The zero-order valence-electron chi connectivity index (χ0n) is 7.04. The SMILES string of the molecule is CC1C(C)C2C(N)C(C)C12. The molecule has 2 aliphatic rings. The Bertz CT molecular complexity index is 121. The first-order valence-electron chi connectivity index (χ1n) is 4.40. The van der Waals surface area contributed by atoms with Gasteiger partial charge in [-0.3, -0.25) is 0 Å². The fourth-order valence-electron chi connectivity index (χ4n) is 3.15. The lowest BCUT2D eigenvalue weighted by Crippen LogP contribution is -2.68. The summed E-state index contributed by atoms with van der Waals surface area (Å²) >= 11 is 0. The van der Waals surface area contributed by atoms with Crippen LogP contribution in [0.3, 0.4) is 0 Å². The molecule has 10 heavy (non-hydrogen) atoms. The van der Waals surface area contributed by atoms with Gasteiger partial charge in [-0.1, -0.05) is 20.8 Å². The lowest BCUT2D eigenvalue weighted by Gasteiger charge is -2.65. The number of fused-ring (bicyclic) bond motifs is 1. The maximum Gasteiger partial charge on any atom is 0.0101 e. The van der Waals surface area contributed by atoms with Crippen molar-refractivity contribution in [3.05, 3.63) is 0 Å². The van der Waals surface area contributed by atoms with Gasteiger partial charge in [0.1, 0.15) is 0 Å². The van der Waals surface area contributed by atoms with Gasteiger partial charge in [0, 0.05) is 6.04 Å². The topological polar surface area (TPSA) is 26.0 Å². The molecule has 0 radical (unpaired) electrons. The Morgan fingerprint density at radius 3 is 1.80 bits per heavy atom. The largest absolute Gasteiger partial charge is 0.327 e. The van der Waals surface area contributed by atoms with Gasteiger partial charge in [-0.05, 0) is 29.6 Å². The van der Waals surface area contributed by atoms with Crippen LogP contribution in [0, 0.1) is 29.6 Å². The highest BCUT2D eigenvalue weighted by Gasteiger charge is 2.59. The van der Waals surface area contributed by atoms with Gasteiger partial charge in [0.05, 0.1) is 0 Å². The molecular weight excluding hydrogens is 122 g/mol. The van der Waals surface area contributed by atoms with E-state index in [-0.39, 0.29) is 0 Å². The fraction of sp³-hybridized carbons (Fsp3) is 1.00. The number of hydrogen-bond acceptors (Lipinski definition) is 1. The molecule has 0 heterocycles. The molecule has 0 bridgehead atoms. The molecule has 1 heteroatoms. The highest BCUT2D eigenvalue weighted by molar-refractivity contribution is 5.10. The highest BCUT2D eigenvalue weighted by Crippen LogP contribution is 2.60. The third-order valence-corrected chi connectivity index (χ3v) is 4.15. The average molecular weight is 139 g/mol. The molecule has 58 valence electrons. The molecule has 0 aromatic rings. The predicted octanol–water partition coefficient (Wildman–Crippen LogP) is 1.48. The molecule has 2 aliphatic carbocycles. The molecule has 6 atom stereocenters. The normalized spacial score (nSPS) is 66.0. The summed E-state index contributed by atoms with van der Waals surface area (Å²) in [6.07, 6.45) is 0. The molecule has 0 aliphatic heterocycles. The van der Waals surface area contributed by atoms with E-state index in [1.807, 2.05) is 0 Å². The minimum Gasteiger partial charge on any atom is -0.327 e. The van der Waals surface area contributed by atoms with Gasteiger partial charge in [-0.25, -0.2) is 0 Å². The monoisotopic (exact) mass is 139 g/mol. The predicted molar refractivity (Wildman–Crippen MR) is 42.4 cm³/mol. The van der Waals surface area contributed by atoms with Crippen LogP contribution in [0.5, 0.6) is 0 Å². The summed E-state index contributed by atoms with van der Waals surface area (Å²) in [6, 6.07) is 0.524. The van der Waals surface area contributed by atoms with E-state index in [0.717, 1.165) is 29.6 Å². The zero-order chi connectivity index (χ0) is 7.46. The summed E-state index contributed by atoms with van der Waals surface area (Å²) < 4.78 is 0. The van der Waals surface area contributed by atoms with E-state index in [1.165, 1.54) is 0 Å². The van der Waals surface area contributed by atoms with Gasteiger partial charge in [-0.15, -0.1) is 0 Å². The van der Waals surface area contributed by atoms with Crippen LogP contribution in [0.25, 0.3) is 0 Å². The fourth-order valence-corrected chi connectivity index (χ4v) is 3.15. The van der Waals surface area contributed by atoms with Crippen molar-refractivity contribution in [2.24, 2.45) is 35.3 Å². The van der Waals surface area contributed by atoms with E-state index in [9.17, 15) is 0 Å². The van der Waals surface area contributed by atoms with E-state index in [2.05, 4.69) is 20.8 Å². The van der Waals surface area contributed by atoms with Gasteiger partial charge in [-0.2, -0.15) is 0 Å². The second-order valence-electron chi connectivity index (χ2n) is 4.31. The Morgan fingerprint density at radius 2 is 1.30 bits per heavy atom. The molecule has 2 saturated carbocycles. The minimum absolute atomic E-state index is 0.524. The van der Waals surface area contributed by atoms with Crippen molar-refractivity contribution < 1.29 is 0 Å². The molecule has 0 saturated heterocycles. The van der Waals surface area contributed by atoms with E-state index < -0.39 is 0 Å². The van der Waals surface area contributed by atoms with E-state index >= 15 is 0 Å². The van der Waals surface area contributed by atoms with Gasteiger partial charge >= 0.3 is 0 Å². The van der Waals surface area contributed by atoms with Crippen molar-refractivity contribution in [2.45, 2.75) is 26.8 Å². The molecule has 2 rings (SSSR count). The molecule has 1 nitrogen and oxygen atoms in total. The maximum atomic E-state index is 5.96. The summed E-state index contributed by atoms with van der Waals surface area (Å²) in [5.41, 5.74) is 5.96. The molecule has 0 amide bonds. The van der Waals surface area contributed by atoms with Crippen LogP contribution in [0.4, 0.5) is 0 Å². The zero-order valence-corrected chi connectivity index (χ0v) is 7.04. The molecule has 0 aromatic carbocycles. The van der Waals surface area contributed by atoms with Crippen LogP contribution in [-0.2, 0) is 0 Å². The van der Waals surface area contributed by atoms with Crippen LogP contribution in [0.2, 0.25) is 0 Å². The first-order chi connectivity index (χ1) is 4.64. The highest BCUT2D eigenvalue weighted by atomic mass is 14.8. The van der Waals surface area contributed by atoms with Gasteiger partial charge in [0.25, 0.3) is 0 Å². The van der Waals surface area contributed by atoms with Gasteiger partial charge in [0.2, 0.25) is 0 Å². The minimum atomic E-state index is 0.524. The second kappa shape index (κ2) is 1.76. The lowest BCUT2D eigenvalue weighted by atomic mass is 9.42. The maximum absolute atomic E-state index is 5.96. The Balaban J connectivity index is 2.07. The molecule has 2 fully saturated rings. The van der Waals surface area contributed by atoms with Crippen molar-refractivity contribution in [1.29, 1.82) is 0 Å². The first kappa shape index (κ1) is 6.66. The van der Waals surface area contributed by atoms with E-state index in [0.29, 0.717) is 6.04 Å². The van der Waals surface area contributed by atoms with Gasteiger partial charge < -0.3 is 5.73 Å². The Morgan fingerprint density at radius 1 is 0.800 bits per heavy atom. The standard InChI is InChI=1S/C9H17N/c1-4-5(2)8-7(4)6(3)9(8)10/h4-9H,10H2,1-3H3. The van der Waals surface area contributed by atoms with Crippen LogP contribution in [0.1, 0.15) is 20.8 Å². The summed E-state index contributed by atoms with van der Waals surface area (Å²) in [6.45, 7) is 7.01. The Labute approximate surface area is 63.0 Å². The number of nitrogens with two attached hydrogens (primary N) is 1. The first-order valence-corrected chi connectivity index (χ1v) is 4.40. The quantitative estimate of drug-likeness (QED) is 0.540. The lowest BCUT2D eigenvalue weighted by molar-refractivity contribution is -0.147. The summed E-state index contributed by atoms with van der Waals surface area (Å²) in [5, 5.41) is 0. The van der Waals surface area contributed by atoms with E-state index in [4.69, 9.17) is 5.73 Å². The Hall–Kier alpha value is -0.0400. The van der Waals surface area contributed by atoms with Crippen molar-refractivity contribution in [3.63, 3.8) is 0 Å². The van der Waals surface area contributed by atoms with Crippen LogP contribution in [0.15, 0.2) is 0 Å². The summed E-state index contributed by atoms with van der Waals surface area (Å²) in [4.78, 5) is 0. The molecular formula is C9H17N. The van der Waals surface area contributed by atoms with Crippen molar-refractivity contribution in [3.8, 4) is 0 Å². The second-order valence-corrected chi connectivity index (χ2v) is 4.31. The van der Waals surface area contributed by atoms with Crippen molar-refractivity contribution in [1.82, 2.24) is 0 Å². The van der Waals surface area contributed by atoms with Crippen molar-refractivity contribution >= 4 is 0 Å². The van der Waals surface area contributed by atoms with Gasteiger partial charge in [0.15, 0.2) is 0 Å². The van der Waals surface area contributed by atoms with Crippen molar-refractivity contribution in [2.75, 3.05) is 0 Å². The third kappa shape index (κ3) is 0.493. The smallest absolute Gasteiger partial charge is 0.0101 e. The number of hydrogen-bond donors (Lipinski definition) is 1. The Kier molecular flexibility index (Phi) is 1.17. The van der Waals surface area contributed by atoms with Crippen LogP contribution in [-0.4, -0.2) is 6.04 Å². The summed E-state index contributed by atoms with van der Waals surface area (Å²) in [5.74, 6) is 4.50. The average Bonchev–Trinajstić information content (AvgIpc) is 1.95. The van der Waals surface area contributed by atoms with Crippen LogP contribution < -0.4 is 5.73 Å². The van der Waals surface area contributed by atoms with Crippen LogP contribution >= 0.6 is 0 Å². The molecule has 0 aromatic heterocycles. The molecule has 6 unspecified atom stereocenters. The molecule has 0 spiro atoms. The number of rotatable bonds is 0. The summed E-state index contributed by atoms with van der Waals surface area (Å²) in [7, 11) is 0. The van der Waals surface area contributed by atoms with E-state index in [1.54, 1.807) is 0 Å².